The topological polar surface area (TPSA) is 88.2 Å². The van der Waals surface area contributed by atoms with Crippen LogP contribution < -0.4 is 5.73 Å². The van der Waals surface area contributed by atoms with E-state index in [0.29, 0.717) is 0 Å². The van der Waals surface area contributed by atoms with Crippen molar-refractivity contribution in [1.82, 2.24) is 4.90 Å². The minimum absolute atomic E-state index is 0.0186. The molecule has 3 N–H and O–H groups in total. The van der Waals surface area contributed by atoms with Crippen molar-refractivity contribution in [1.29, 1.82) is 0 Å². The summed E-state index contributed by atoms with van der Waals surface area (Å²) in [5.41, 5.74) is 6.26. The van der Waals surface area contributed by atoms with Gasteiger partial charge in [-0.2, -0.15) is 0 Å². The summed E-state index contributed by atoms with van der Waals surface area (Å²) in [6, 6.07) is 9.12. The molecule has 1 atom stereocenters. The van der Waals surface area contributed by atoms with E-state index >= 15 is 0 Å². The SMILES string of the molecule is COC(C(=O)N(CC(N)=NO)C(C)C)c1ccccc1. The molecule has 1 rings (SSSR count). The third kappa shape index (κ3) is 3.96. The molecule has 0 spiro atoms. The third-order valence-corrected chi connectivity index (χ3v) is 2.93. The van der Waals surface area contributed by atoms with E-state index in [0.717, 1.165) is 5.56 Å². The Morgan fingerprint density at radius 3 is 2.45 bits per heavy atom. The van der Waals surface area contributed by atoms with Gasteiger partial charge < -0.3 is 20.6 Å². The van der Waals surface area contributed by atoms with Crippen LogP contribution in [0.25, 0.3) is 0 Å². The number of methoxy groups -OCH3 is 1. The van der Waals surface area contributed by atoms with Gasteiger partial charge in [0.1, 0.15) is 0 Å². The predicted molar refractivity (Wildman–Crippen MR) is 76.4 cm³/mol. The number of carbonyl (C=O) groups is 1. The number of carbonyl (C=O) groups excluding carboxylic acids is 1. The van der Waals surface area contributed by atoms with Crippen molar-refractivity contribution in [3.8, 4) is 0 Å². The fraction of sp³-hybridized carbons (Fsp3) is 0.429. The van der Waals surface area contributed by atoms with Crippen molar-refractivity contribution in [2.75, 3.05) is 13.7 Å². The van der Waals surface area contributed by atoms with E-state index in [9.17, 15) is 4.79 Å². The Morgan fingerprint density at radius 1 is 1.40 bits per heavy atom. The molecule has 0 radical (unpaired) electrons. The van der Waals surface area contributed by atoms with Crippen molar-refractivity contribution in [2.45, 2.75) is 26.0 Å². The van der Waals surface area contributed by atoms with Crippen LogP contribution in [0, 0.1) is 0 Å². The van der Waals surface area contributed by atoms with E-state index in [4.69, 9.17) is 15.7 Å². The zero-order chi connectivity index (χ0) is 15.1. The molecule has 1 amide bonds. The van der Waals surface area contributed by atoms with Crippen LogP contribution in [0.15, 0.2) is 35.5 Å². The second-order valence-corrected chi connectivity index (χ2v) is 4.68. The van der Waals surface area contributed by atoms with Gasteiger partial charge in [0.05, 0.1) is 6.54 Å². The highest BCUT2D eigenvalue weighted by atomic mass is 16.5. The van der Waals surface area contributed by atoms with E-state index in [2.05, 4.69) is 5.16 Å². The molecule has 0 heterocycles. The number of ether oxygens (including phenoxy) is 1. The molecule has 110 valence electrons. The number of amides is 1. The lowest BCUT2D eigenvalue weighted by Gasteiger charge is -2.29. The molecule has 0 saturated heterocycles. The van der Waals surface area contributed by atoms with Crippen molar-refractivity contribution < 1.29 is 14.7 Å². The average Bonchev–Trinajstić information content (AvgIpc) is 2.45. The van der Waals surface area contributed by atoms with Gasteiger partial charge in [0.25, 0.3) is 5.91 Å². The molecular weight excluding hydrogens is 258 g/mol. The van der Waals surface area contributed by atoms with Crippen LogP contribution in [-0.4, -0.2) is 41.5 Å². The number of amidine groups is 1. The Labute approximate surface area is 118 Å². The van der Waals surface area contributed by atoms with Gasteiger partial charge in [-0.05, 0) is 19.4 Å². The molecule has 0 aliphatic rings. The highest BCUT2D eigenvalue weighted by molar-refractivity contribution is 5.89. The highest BCUT2D eigenvalue weighted by Crippen LogP contribution is 2.20. The molecular formula is C14H21N3O3. The summed E-state index contributed by atoms with van der Waals surface area (Å²) in [7, 11) is 1.48. The lowest BCUT2D eigenvalue weighted by atomic mass is 10.1. The first kappa shape index (κ1) is 16.0. The number of nitrogens with zero attached hydrogens (tertiary/aromatic N) is 2. The second-order valence-electron chi connectivity index (χ2n) is 4.68. The first-order valence-corrected chi connectivity index (χ1v) is 6.35. The maximum absolute atomic E-state index is 12.6. The van der Waals surface area contributed by atoms with Crippen LogP contribution in [0.2, 0.25) is 0 Å². The van der Waals surface area contributed by atoms with Gasteiger partial charge in [-0.3, -0.25) is 4.79 Å². The van der Waals surface area contributed by atoms with Crippen molar-refractivity contribution >= 4 is 11.7 Å². The summed E-state index contributed by atoms with van der Waals surface area (Å²) in [4.78, 5) is 14.1. The fourth-order valence-corrected chi connectivity index (χ4v) is 1.88. The van der Waals surface area contributed by atoms with Crippen molar-refractivity contribution in [3.05, 3.63) is 35.9 Å². The van der Waals surface area contributed by atoms with Crippen molar-refractivity contribution in [3.63, 3.8) is 0 Å². The molecule has 0 aliphatic carbocycles. The number of oxime groups is 1. The maximum Gasteiger partial charge on any atom is 0.256 e. The minimum Gasteiger partial charge on any atom is -0.409 e. The van der Waals surface area contributed by atoms with Gasteiger partial charge in [0.15, 0.2) is 11.9 Å². The molecule has 20 heavy (non-hydrogen) atoms. The largest absolute Gasteiger partial charge is 0.409 e. The number of benzene rings is 1. The van der Waals surface area contributed by atoms with Gasteiger partial charge >= 0.3 is 0 Å². The maximum atomic E-state index is 12.6. The molecule has 6 heteroatoms. The Hall–Kier alpha value is -2.08. The molecule has 0 aromatic heterocycles. The number of hydrogen-bond acceptors (Lipinski definition) is 4. The zero-order valence-electron chi connectivity index (χ0n) is 12.0. The summed E-state index contributed by atoms with van der Waals surface area (Å²) in [5, 5.41) is 11.6. The van der Waals surface area contributed by atoms with Gasteiger partial charge in [-0.15, -0.1) is 0 Å². The van der Waals surface area contributed by atoms with Crippen LogP contribution in [0.4, 0.5) is 0 Å². The summed E-state index contributed by atoms with van der Waals surface area (Å²) in [5.74, 6) is -0.240. The summed E-state index contributed by atoms with van der Waals surface area (Å²) >= 11 is 0. The Bertz CT molecular complexity index is 460. The molecule has 1 aromatic rings. The Morgan fingerprint density at radius 2 is 2.00 bits per heavy atom. The summed E-state index contributed by atoms with van der Waals surface area (Å²) in [6.07, 6.45) is -0.704. The second kappa shape index (κ2) is 7.49. The van der Waals surface area contributed by atoms with E-state index in [1.54, 1.807) is 0 Å². The molecule has 0 bridgehead atoms. The average molecular weight is 279 g/mol. The first-order chi connectivity index (χ1) is 9.51. The molecule has 0 fully saturated rings. The summed E-state index contributed by atoms with van der Waals surface area (Å²) in [6.45, 7) is 3.78. The standard InChI is InChI=1S/C14H21N3O3/c1-10(2)17(9-12(15)16-19)14(18)13(20-3)11-7-5-4-6-8-11/h4-8,10,13,19H,9H2,1-3H3,(H2,15,16). The van der Waals surface area contributed by atoms with E-state index in [1.165, 1.54) is 12.0 Å². The molecule has 0 aliphatic heterocycles. The quantitative estimate of drug-likeness (QED) is 0.356. The smallest absolute Gasteiger partial charge is 0.256 e. The van der Waals surface area contributed by atoms with Gasteiger partial charge in [-0.25, -0.2) is 0 Å². The lowest BCUT2D eigenvalue weighted by molar-refractivity contribution is -0.143. The fourth-order valence-electron chi connectivity index (χ4n) is 1.88. The molecule has 0 saturated carbocycles. The van der Waals surface area contributed by atoms with Crippen LogP contribution in [-0.2, 0) is 9.53 Å². The number of hydrogen-bond donors (Lipinski definition) is 2. The van der Waals surface area contributed by atoms with Crippen LogP contribution in [0.1, 0.15) is 25.5 Å². The number of rotatable bonds is 6. The van der Waals surface area contributed by atoms with Gasteiger partial charge in [-0.1, -0.05) is 35.5 Å². The van der Waals surface area contributed by atoms with Crippen LogP contribution in [0.3, 0.4) is 0 Å². The summed E-state index contributed by atoms with van der Waals surface area (Å²) < 4.78 is 5.31. The minimum atomic E-state index is -0.704. The number of nitrogens with two attached hydrogens (primary N) is 1. The van der Waals surface area contributed by atoms with Crippen LogP contribution >= 0.6 is 0 Å². The zero-order valence-corrected chi connectivity index (χ0v) is 12.0. The van der Waals surface area contributed by atoms with Gasteiger partial charge in [0.2, 0.25) is 0 Å². The molecule has 6 nitrogen and oxygen atoms in total. The van der Waals surface area contributed by atoms with Crippen molar-refractivity contribution in [2.24, 2.45) is 10.9 Å². The molecule has 1 aromatic carbocycles. The van der Waals surface area contributed by atoms with Gasteiger partial charge in [0, 0.05) is 13.2 Å². The van der Waals surface area contributed by atoms with E-state index in [1.807, 2.05) is 44.2 Å². The molecule has 1 unspecified atom stereocenters. The first-order valence-electron chi connectivity index (χ1n) is 6.35. The van der Waals surface area contributed by atoms with Crippen LogP contribution in [0.5, 0.6) is 0 Å². The highest BCUT2D eigenvalue weighted by Gasteiger charge is 2.28. The lowest BCUT2D eigenvalue weighted by Crippen LogP contribution is -2.45. The van der Waals surface area contributed by atoms with E-state index < -0.39 is 6.10 Å². The Balaban J connectivity index is 2.98. The predicted octanol–water partition coefficient (Wildman–Crippen LogP) is 1.36. The normalized spacial score (nSPS) is 13.3. The monoisotopic (exact) mass is 279 g/mol. The Kier molecular flexibility index (Phi) is 5.99. The van der Waals surface area contributed by atoms with E-state index in [-0.39, 0.29) is 24.3 Å². The third-order valence-electron chi connectivity index (χ3n) is 2.93.